The van der Waals surface area contributed by atoms with Crippen LogP contribution in [0.4, 0.5) is 13.2 Å². The Labute approximate surface area is 159 Å². The molecular weight excluding hydrogens is 377 g/mol. The number of nitrogens with zero attached hydrogens (tertiary/aromatic N) is 1. The van der Waals surface area contributed by atoms with Gasteiger partial charge in [-0.25, -0.2) is 4.98 Å². The van der Waals surface area contributed by atoms with Crippen molar-refractivity contribution in [2.75, 3.05) is 6.61 Å². The number of nitrogens with one attached hydrogen (secondary N) is 1. The molecule has 1 N–H and O–H groups in total. The Morgan fingerprint density at radius 2 is 1.96 bits per heavy atom. The van der Waals surface area contributed by atoms with Gasteiger partial charge in [0, 0.05) is 10.9 Å². The standard InChI is InChI=1S/C19H21F3N2O2S/c1-3-26-15-8-4-12(5-9-15)17-23-14(11-27-17)10-16(25)24-18(2,13-6-7-13)19(20,21)22/h4-5,8-9,11,13H,3,6-7,10H2,1-2H3,(H,24,25)/t18-/m0/s1. The second-order valence-electron chi connectivity index (χ2n) is 6.80. The molecule has 1 atom stereocenters. The minimum atomic E-state index is -4.47. The molecule has 0 spiro atoms. The summed E-state index contributed by atoms with van der Waals surface area (Å²) in [4.78, 5) is 16.6. The lowest BCUT2D eigenvalue weighted by atomic mass is 9.94. The second-order valence-corrected chi connectivity index (χ2v) is 7.66. The van der Waals surface area contributed by atoms with Gasteiger partial charge in [-0.15, -0.1) is 11.3 Å². The number of hydrogen-bond donors (Lipinski definition) is 1. The van der Waals surface area contributed by atoms with Crippen molar-refractivity contribution in [2.24, 2.45) is 5.92 Å². The lowest BCUT2D eigenvalue weighted by molar-refractivity contribution is -0.199. The molecule has 1 aromatic heterocycles. The molecule has 1 aliphatic rings. The molecule has 1 heterocycles. The van der Waals surface area contributed by atoms with E-state index >= 15 is 0 Å². The highest BCUT2D eigenvalue weighted by Crippen LogP contribution is 2.48. The van der Waals surface area contributed by atoms with E-state index in [4.69, 9.17) is 4.74 Å². The molecule has 146 valence electrons. The molecule has 1 aliphatic carbocycles. The molecular formula is C19H21F3N2O2S. The maximum absolute atomic E-state index is 13.4. The number of thiazole rings is 1. The predicted molar refractivity (Wildman–Crippen MR) is 97.7 cm³/mol. The van der Waals surface area contributed by atoms with Gasteiger partial charge in [-0.05, 0) is 56.9 Å². The number of ether oxygens (including phenoxy) is 1. The van der Waals surface area contributed by atoms with Crippen molar-refractivity contribution in [3.8, 4) is 16.3 Å². The zero-order valence-corrected chi connectivity index (χ0v) is 15.9. The normalized spacial score (nSPS) is 16.6. The highest BCUT2D eigenvalue weighted by Gasteiger charge is 2.60. The van der Waals surface area contributed by atoms with E-state index in [2.05, 4.69) is 10.3 Å². The molecule has 4 nitrogen and oxygen atoms in total. The smallest absolute Gasteiger partial charge is 0.411 e. The number of carbonyl (C=O) groups is 1. The fourth-order valence-electron chi connectivity index (χ4n) is 2.94. The van der Waals surface area contributed by atoms with Crippen molar-refractivity contribution in [3.63, 3.8) is 0 Å². The number of carbonyl (C=O) groups excluding carboxylic acids is 1. The van der Waals surface area contributed by atoms with Crippen LogP contribution in [0.25, 0.3) is 10.6 Å². The Morgan fingerprint density at radius 1 is 1.30 bits per heavy atom. The van der Waals surface area contributed by atoms with Gasteiger partial charge < -0.3 is 10.1 Å². The maximum atomic E-state index is 13.4. The van der Waals surface area contributed by atoms with Crippen LogP contribution in [0.15, 0.2) is 29.6 Å². The third-order valence-electron chi connectivity index (χ3n) is 4.69. The maximum Gasteiger partial charge on any atom is 0.411 e. The first-order valence-electron chi connectivity index (χ1n) is 8.78. The van der Waals surface area contributed by atoms with Crippen LogP contribution in [0.3, 0.4) is 0 Å². The Bertz CT molecular complexity index is 800. The van der Waals surface area contributed by atoms with Crippen LogP contribution in [0, 0.1) is 5.92 Å². The van der Waals surface area contributed by atoms with E-state index in [1.807, 2.05) is 31.2 Å². The molecule has 1 aromatic carbocycles. The van der Waals surface area contributed by atoms with Crippen LogP contribution in [-0.4, -0.2) is 29.2 Å². The zero-order valence-electron chi connectivity index (χ0n) is 15.1. The number of amides is 1. The first-order valence-corrected chi connectivity index (χ1v) is 9.66. The van der Waals surface area contributed by atoms with Gasteiger partial charge >= 0.3 is 6.18 Å². The van der Waals surface area contributed by atoms with Crippen molar-refractivity contribution >= 4 is 17.2 Å². The highest BCUT2D eigenvalue weighted by molar-refractivity contribution is 7.13. The Kier molecular flexibility index (Phi) is 5.46. The van der Waals surface area contributed by atoms with Gasteiger partial charge in [0.2, 0.25) is 5.91 Å². The zero-order chi connectivity index (χ0) is 19.7. The first kappa shape index (κ1) is 19.7. The van der Waals surface area contributed by atoms with Crippen LogP contribution >= 0.6 is 11.3 Å². The van der Waals surface area contributed by atoms with Crippen molar-refractivity contribution in [2.45, 2.75) is 44.8 Å². The molecule has 1 amide bonds. The summed E-state index contributed by atoms with van der Waals surface area (Å²) in [7, 11) is 0. The molecule has 0 unspecified atom stereocenters. The van der Waals surface area contributed by atoms with Gasteiger partial charge in [0.15, 0.2) is 0 Å². The first-order chi connectivity index (χ1) is 12.7. The molecule has 0 aliphatic heterocycles. The van der Waals surface area contributed by atoms with Gasteiger partial charge in [-0.1, -0.05) is 0 Å². The minimum absolute atomic E-state index is 0.175. The molecule has 0 saturated heterocycles. The summed E-state index contributed by atoms with van der Waals surface area (Å²) in [5, 5.41) is 4.61. The number of alkyl halides is 3. The molecule has 27 heavy (non-hydrogen) atoms. The van der Waals surface area contributed by atoms with Gasteiger partial charge in [-0.3, -0.25) is 4.79 Å². The summed E-state index contributed by atoms with van der Waals surface area (Å²) in [5.74, 6) is -0.453. The number of benzene rings is 1. The van der Waals surface area contributed by atoms with E-state index in [0.29, 0.717) is 30.2 Å². The summed E-state index contributed by atoms with van der Waals surface area (Å²) < 4.78 is 45.5. The van der Waals surface area contributed by atoms with E-state index in [0.717, 1.165) is 18.2 Å². The summed E-state index contributed by atoms with van der Waals surface area (Å²) in [6.07, 6.45) is -3.69. The summed E-state index contributed by atoms with van der Waals surface area (Å²) in [6, 6.07) is 7.39. The number of rotatable bonds is 7. The third kappa shape index (κ3) is 4.43. The summed E-state index contributed by atoms with van der Waals surface area (Å²) in [5.41, 5.74) is -0.840. The average molecular weight is 398 g/mol. The van der Waals surface area contributed by atoms with Crippen molar-refractivity contribution in [3.05, 3.63) is 35.3 Å². The average Bonchev–Trinajstić information content (AvgIpc) is 3.36. The van der Waals surface area contributed by atoms with Gasteiger partial charge in [0.05, 0.1) is 18.7 Å². The molecule has 3 rings (SSSR count). The largest absolute Gasteiger partial charge is 0.494 e. The summed E-state index contributed by atoms with van der Waals surface area (Å²) in [6.45, 7) is 3.54. The van der Waals surface area contributed by atoms with Crippen LogP contribution in [-0.2, 0) is 11.2 Å². The molecule has 1 saturated carbocycles. The molecule has 0 radical (unpaired) electrons. The topological polar surface area (TPSA) is 51.2 Å². The van der Waals surface area contributed by atoms with E-state index in [-0.39, 0.29) is 6.42 Å². The molecule has 8 heteroatoms. The van der Waals surface area contributed by atoms with E-state index < -0.39 is 23.5 Å². The molecule has 2 aromatic rings. The van der Waals surface area contributed by atoms with E-state index in [9.17, 15) is 18.0 Å². The van der Waals surface area contributed by atoms with Crippen molar-refractivity contribution < 1.29 is 22.7 Å². The van der Waals surface area contributed by atoms with E-state index in [1.165, 1.54) is 11.3 Å². The third-order valence-corrected chi connectivity index (χ3v) is 5.63. The van der Waals surface area contributed by atoms with Gasteiger partial charge in [0.25, 0.3) is 0 Å². The van der Waals surface area contributed by atoms with Gasteiger partial charge in [0.1, 0.15) is 16.3 Å². The van der Waals surface area contributed by atoms with Crippen molar-refractivity contribution in [1.82, 2.24) is 10.3 Å². The molecule has 0 bridgehead atoms. The number of hydrogen-bond acceptors (Lipinski definition) is 4. The quantitative estimate of drug-likeness (QED) is 0.742. The predicted octanol–water partition coefficient (Wildman–Crippen LogP) is 4.60. The fraction of sp³-hybridized carbons (Fsp3) is 0.474. The Balaban J connectivity index is 1.65. The lowest BCUT2D eigenvalue weighted by Crippen LogP contribution is -2.58. The summed E-state index contributed by atoms with van der Waals surface area (Å²) >= 11 is 1.35. The Morgan fingerprint density at radius 3 is 2.52 bits per heavy atom. The minimum Gasteiger partial charge on any atom is -0.494 e. The van der Waals surface area contributed by atoms with E-state index in [1.54, 1.807) is 5.38 Å². The van der Waals surface area contributed by atoms with Crippen LogP contribution in [0.2, 0.25) is 0 Å². The SMILES string of the molecule is CCOc1ccc(-c2nc(CC(=O)N[C@@](C)(C3CC3)C(F)(F)F)cs2)cc1. The van der Waals surface area contributed by atoms with Crippen molar-refractivity contribution in [1.29, 1.82) is 0 Å². The monoisotopic (exact) mass is 398 g/mol. The number of aromatic nitrogens is 1. The fourth-order valence-corrected chi connectivity index (χ4v) is 3.77. The number of halogens is 3. The highest BCUT2D eigenvalue weighted by atomic mass is 32.1. The molecule has 1 fully saturated rings. The van der Waals surface area contributed by atoms with Crippen LogP contribution in [0.5, 0.6) is 5.75 Å². The van der Waals surface area contributed by atoms with Crippen LogP contribution in [0.1, 0.15) is 32.4 Å². The second kappa shape index (κ2) is 7.50. The lowest BCUT2D eigenvalue weighted by Gasteiger charge is -2.33. The van der Waals surface area contributed by atoms with Crippen LogP contribution < -0.4 is 10.1 Å². The Hall–Kier alpha value is -2.09. The van der Waals surface area contributed by atoms with Gasteiger partial charge in [-0.2, -0.15) is 13.2 Å².